The van der Waals surface area contributed by atoms with E-state index in [1.807, 2.05) is 36.4 Å². The molecule has 3 aromatic rings. The second kappa shape index (κ2) is 13.1. The molecule has 2 heterocycles. The van der Waals surface area contributed by atoms with Gasteiger partial charge in [0.15, 0.2) is 0 Å². The molecule has 2 aromatic carbocycles. The summed E-state index contributed by atoms with van der Waals surface area (Å²) in [7, 11) is 1.60. The fourth-order valence-corrected chi connectivity index (χ4v) is 4.95. The van der Waals surface area contributed by atoms with Crippen LogP contribution in [0.5, 0.6) is 0 Å². The first-order valence-corrected chi connectivity index (χ1v) is 13.1. The van der Waals surface area contributed by atoms with Crippen molar-refractivity contribution in [1.82, 2.24) is 15.5 Å². The number of nitrogens with one attached hydrogen (secondary N) is 4. The first-order chi connectivity index (χ1) is 18.5. The number of amides is 3. The van der Waals surface area contributed by atoms with Crippen molar-refractivity contribution in [3.63, 3.8) is 0 Å². The van der Waals surface area contributed by atoms with E-state index in [1.165, 1.54) is 0 Å². The summed E-state index contributed by atoms with van der Waals surface area (Å²) in [5, 5.41) is 18.8. The molecule has 1 atom stereocenters. The number of aromatic nitrogens is 1. The van der Waals surface area contributed by atoms with Gasteiger partial charge in [-0.15, -0.1) is 0 Å². The summed E-state index contributed by atoms with van der Waals surface area (Å²) in [5.41, 5.74) is 4.88. The molecule has 0 fully saturated rings. The summed E-state index contributed by atoms with van der Waals surface area (Å²) in [6.45, 7) is 0.640. The number of fused-ring (bicyclic) bond motifs is 4. The average molecular weight is 522 g/mol. The highest BCUT2D eigenvalue weighted by atomic mass is 16.6. The fourth-order valence-electron chi connectivity index (χ4n) is 4.95. The van der Waals surface area contributed by atoms with Gasteiger partial charge in [-0.1, -0.05) is 43.2 Å². The Labute approximate surface area is 221 Å². The van der Waals surface area contributed by atoms with E-state index < -0.39 is 11.9 Å². The van der Waals surface area contributed by atoms with Crippen molar-refractivity contribution < 1.29 is 24.4 Å². The maximum absolute atomic E-state index is 13.7. The van der Waals surface area contributed by atoms with Gasteiger partial charge in [0, 0.05) is 11.8 Å². The lowest BCUT2D eigenvalue weighted by molar-refractivity contribution is -0.129. The second-order valence-corrected chi connectivity index (χ2v) is 9.40. The molecule has 0 saturated heterocycles. The van der Waals surface area contributed by atoms with Crippen LogP contribution in [0.15, 0.2) is 48.5 Å². The molecule has 4 rings (SSSR count). The number of hydrogen-bond donors (Lipinski definition) is 5. The zero-order chi connectivity index (χ0) is 26.9. The van der Waals surface area contributed by atoms with Gasteiger partial charge in [0.2, 0.25) is 11.8 Å². The van der Waals surface area contributed by atoms with Crippen molar-refractivity contribution in [2.45, 2.75) is 57.4 Å². The number of para-hydroxylation sites is 3. The van der Waals surface area contributed by atoms with Crippen LogP contribution in [-0.2, 0) is 16.0 Å². The number of carbonyl (C=O) groups is 3. The van der Waals surface area contributed by atoms with Crippen LogP contribution in [0.4, 0.5) is 11.4 Å². The van der Waals surface area contributed by atoms with Crippen molar-refractivity contribution in [2.24, 2.45) is 0 Å². The lowest BCUT2D eigenvalue weighted by atomic mass is 10.0. The number of hydroxylamine groups is 1. The Kier molecular flexibility index (Phi) is 9.34. The summed E-state index contributed by atoms with van der Waals surface area (Å²) in [5.74, 6) is -0.839. The average Bonchev–Trinajstić information content (AvgIpc) is 3.25. The number of nitrogens with zero attached hydrogens (tertiary/aromatic N) is 1. The van der Waals surface area contributed by atoms with Crippen LogP contribution in [0.3, 0.4) is 0 Å². The second-order valence-electron chi connectivity index (χ2n) is 9.40. The van der Waals surface area contributed by atoms with Crippen LogP contribution in [-0.4, -0.2) is 47.4 Å². The monoisotopic (exact) mass is 521 g/mol. The molecule has 10 heteroatoms. The van der Waals surface area contributed by atoms with Gasteiger partial charge in [0.1, 0.15) is 7.11 Å². The molecule has 0 saturated carbocycles. The Morgan fingerprint density at radius 2 is 1.76 bits per heavy atom. The van der Waals surface area contributed by atoms with E-state index in [4.69, 9.17) is 10.0 Å². The molecule has 1 unspecified atom stereocenters. The minimum atomic E-state index is -0.422. The number of anilines is 2. The summed E-state index contributed by atoms with van der Waals surface area (Å²) in [6.07, 6.45) is 5.23. The third kappa shape index (κ3) is 6.32. The molecule has 1 aliphatic rings. The minimum Gasteiger partial charge on any atom is -0.417 e. The Hall–Kier alpha value is -3.89. The molecule has 0 radical (unpaired) electrons. The molecular weight excluding hydrogens is 486 g/mol. The Morgan fingerprint density at radius 3 is 2.53 bits per heavy atom. The van der Waals surface area contributed by atoms with Gasteiger partial charge in [-0.25, -0.2) is 5.48 Å². The molecule has 0 spiro atoms. The lowest BCUT2D eigenvalue weighted by Gasteiger charge is -2.21. The SMILES string of the molecule is COn1c2c(c3ccccc31)C(=O)Nc1ccccc1NC(=O)C(CCCCCC(=O)NO)NCCCC2. The maximum atomic E-state index is 13.7. The predicted molar refractivity (Wildman–Crippen MR) is 145 cm³/mol. The predicted octanol–water partition coefficient (Wildman–Crippen LogP) is 3.64. The largest absolute Gasteiger partial charge is 0.417 e. The van der Waals surface area contributed by atoms with Crippen LogP contribution in [0, 0.1) is 0 Å². The number of hydrogen-bond acceptors (Lipinski definition) is 6. The van der Waals surface area contributed by atoms with Crippen LogP contribution < -0.4 is 26.3 Å². The van der Waals surface area contributed by atoms with Crippen molar-refractivity contribution in [3.8, 4) is 0 Å². The molecule has 10 nitrogen and oxygen atoms in total. The van der Waals surface area contributed by atoms with Gasteiger partial charge in [-0.3, -0.25) is 19.6 Å². The smallest absolute Gasteiger partial charge is 0.258 e. The van der Waals surface area contributed by atoms with Crippen LogP contribution in [0.2, 0.25) is 0 Å². The zero-order valence-electron chi connectivity index (χ0n) is 21.6. The van der Waals surface area contributed by atoms with Crippen molar-refractivity contribution in [3.05, 3.63) is 59.8 Å². The molecule has 0 aliphatic carbocycles. The number of benzene rings is 2. The van der Waals surface area contributed by atoms with Gasteiger partial charge in [-0.2, -0.15) is 4.73 Å². The Balaban J connectivity index is 1.58. The number of carbonyl (C=O) groups excluding carboxylic acids is 3. The third-order valence-electron chi connectivity index (χ3n) is 6.84. The summed E-state index contributed by atoms with van der Waals surface area (Å²) >= 11 is 0. The van der Waals surface area contributed by atoms with Gasteiger partial charge in [0.05, 0.1) is 34.2 Å². The topological polar surface area (TPSA) is 134 Å². The highest BCUT2D eigenvalue weighted by Crippen LogP contribution is 2.29. The van der Waals surface area contributed by atoms with E-state index in [9.17, 15) is 14.4 Å². The van der Waals surface area contributed by atoms with Crippen molar-refractivity contribution in [2.75, 3.05) is 24.3 Å². The normalized spacial score (nSPS) is 16.5. The number of unbranched alkanes of at least 4 members (excludes halogenated alkanes) is 2. The van der Waals surface area contributed by atoms with E-state index in [0.717, 1.165) is 42.3 Å². The molecule has 3 amide bonds. The summed E-state index contributed by atoms with van der Waals surface area (Å²) in [4.78, 5) is 43.8. The highest BCUT2D eigenvalue weighted by Gasteiger charge is 2.25. The highest BCUT2D eigenvalue weighted by molar-refractivity contribution is 6.15. The van der Waals surface area contributed by atoms with E-state index in [0.29, 0.717) is 42.7 Å². The number of rotatable bonds is 7. The van der Waals surface area contributed by atoms with E-state index in [-0.39, 0.29) is 18.2 Å². The van der Waals surface area contributed by atoms with Gasteiger partial charge < -0.3 is 20.8 Å². The Bertz CT molecular complexity index is 1290. The standard InChI is InChI=1S/C28H35N5O5/c1-38-33-23-15-8-5-11-19(23)26-24(33)16-9-10-18-29-22(14-3-2-4-17-25(34)32-37)27(35)30-20-12-6-7-13-21(20)31-28(26)36/h5-8,11-13,15,22,29,37H,2-4,9-10,14,16-18H2,1H3,(H,30,35)(H,31,36)(H,32,34). The van der Waals surface area contributed by atoms with Crippen molar-refractivity contribution >= 4 is 40.0 Å². The molecule has 5 N–H and O–H groups in total. The zero-order valence-corrected chi connectivity index (χ0v) is 21.6. The van der Waals surface area contributed by atoms with Crippen LogP contribution >= 0.6 is 0 Å². The van der Waals surface area contributed by atoms with Gasteiger partial charge in [-0.05, 0) is 56.8 Å². The first kappa shape index (κ1) is 27.2. The minimum absolute atomic E-state index is 0.173. The lowest BCUT2D eigenvalue weighted by Crippen LogP contribution is -2.41. The fraction of sp³-hybridized carbons (Fsp3) is 0.393. The molecule has 202 valence electrons. The van der Waals surface area contributed by atoms with Gasteiger partial charge >= 0.3 is 0 Å². The summed E-state index contributed by atoms with van der Waals surface area (Å²) in [6, 6.07) is 14.4. The van der Waals surface area contributed by atoms with Gasteiger partial charge in [0.25, 0.3) is 5.91 Å². The van der Waals surface area contributed by atoms with E-state index in [2.05, 4.69) is 16.0 Å². The van der Waals surface area contributed by atoms with Crippen molar-refractivity contribution in [1.29, 1.82) is 0 Å². The maximum Gasteiger partial charge on any atom is 0.258 e. The van der Waals surface area contributed by atoms with E-state index >= 15 is 0 Å². The van der Waals surface area contributed by atoms with E-state index in [1.54, 1.807) is 29.5 Å². The molecular formula is C28H35N5O5. The summed E-state index contributed by atoms with van der Waals surface area (Å²) < 4.78 is 1.73. The Morgan fingerprint density at radius 1 is 1.03 bits per heavy atom. The first-order valence-electron chi connectivity index (χ1n) is 13.1. The molecule has 1 aromatic heterocycles. The molecule has 1 aliphatic heterocycles. The van der Waals surface area contributed by atoms with Crippen LogP contribution in [0.25, 0.3) is 10.9 Å². The van der Waals surface area contributed by atoms with Crippen LogP contribution in [0.1, 0.15) is 61.0 Å². The molecule has 38 heavy (non-hydrogen) atoms. The quantitative estimate of drug-likeness (QED) is 0.183. The third-order valence-corrected chi connectivity index (χ3v) is 6.84. The molecule has 0 bridgehead atoms.